The Morgan fingerprint density at radius 3 is 2.26 bits per heavy atom. The van der Waals surface area contributed by atoms with Gasteiger partial charge in [0.2, 0.25) is 21.8 Å². The number of hydrogen-bond donors (Lipinski definition) is 1. The largest absolute Gasteiger partial charge is 0.492 e. The standard InChI is InChI=1S/C29H43N3O5S/c1-7-23(5)30-29(34)25(8-2)31(21-24-16-11-10-15-22(24)4)28(33)19-14-20-32(38(6,35)36)26-17-12-13-18-27(26)37-9-3/h10-13,15-18,23,25H,7-9,14,19-21H2,1-6H3,(H,30,34)/t23-,25-/m0/s1. The van der Waals surface area contributed by atoms with Gasteiger partial charge in [0.05, 0.1) is 18.6 Å². The monoisotopic (exact) mass is 545 g/mol. The minimum atomic E-state index is -3.62. The molecule has 210 valence electrons. The van der Waals surface area contributed by atoms with E-state index >= 15 is 0 Å². The minimum Gasteiger partial charge on any atom is -0.492 e. The quantitative estimate of drug-likeness (QED) is 0.351. The smallest absolute Gasteiger partial charge is 0.243 e. The summed E-state index contributed by atoms with van der Waals surface area (Å²) in [7, 11) is -3.62. The molecule has 0 saturated heterocycles. The molecule has 0 heterocycles. The van der Waals surface area contributed by atoms with Crippen molar-refractivity contribution in [2.45, 2.75) is 78.9 Å². The van der Waals surface area contributed by atoms with Crippen molar-refractivity contribution < 1.29 is 22.7 Å². The van der Waals surface area contributed by atoms with Gasteiger partial charge in [-0.1, -0.05) is 50.2 Å². The fraction of sp³-hybridized carbons (Fsp3) is 0.517. The van der Waals surface area contributed by atoms with Crippen molar-refractivity contribution in [2.75, 3.05) is 23.7 Å². The van der Waals surface area contributed by atoms with Crippen LogP contribution >= 0.6 is 0 Å². The van der Waals surface area contributed by atoms with Gasteiger partial charge < -0.3 is 15.0 Å². The lowest BCUT2D eigenvalue weighted by Gasteiger charge is -2.32. The van der Waals surface area contributed by atoms with Crippen molar-refractivity contribution in [1.82, 2.24) is 10.2 Å². The third-order valence-electron chi connectivity index (χ3n) is 6.57. The van der Waals surface area contributed by atoms with Crippen molar-refractivity contribution in [3.8, 4) is 5.75 Å². The molecule has 0 aliphatic rings. The van der Waals surface area contributed by atoms with E-state index in [0.29, 0.717) is 37.4 Å². The molecule has 2 aromatic rings. The van der Waals surface area contributed by atoms with E-state index in [1.54, 1.807) is 29.2 Å². The van der Waals surface area contributed by atoms with Gasteiger partial charge >= 0.3 is 0 Å². The van der Waals surface area contributed by atoms with Gasteiger partial charge in [-0.15, -0.1) is 0 Å². The maximum atomic E-state index is 13.6. The van der Waals surface area contributed by atoms with E-state index < -0.39 is 16.1 Å². The Morgan fingerprint density at radius 1 is 1.00 bits per heavy atom. The molecule has 0 aliphatic carbocycles. The van der Waals surface area contributed by atoms with Gasteiger partial charge in [-0.25, -0.2) is 8.42 Å². The summed E-state index contributed by atoms with van der Waals surface area (Å²) < 4.78 is 32.3. The second-order valence-electron chi connectivity index (χ2n) is 9.53. The van der Waals surface area contributed by atoms with Crippen LogP contribution < -0.4 is 14.4 Å². The third kappa shape index (κ3) is 8.75. The Labute approximate surface area is 228 Å². The summed E-state index contributed by atoms with van der Waals surface area (Å²) >= 11 is 0. The molecule has 0 fully saturated rings. The molecule has 38 heavy (non-hydrogen) atoms. The molecule has 2 atom stereocenters. The molecule has 2 aromatic carbocycles. The summed E-state index contributed by atoms with van der Waals surface area (Å²) in [6, 6.07) is 14.2. The van der Waals surface area contributed by atoms with Crippen molar-refractivity contribution >= 4 is 27.5 Å². The zero-order chi connectivity index (χ0) is 28.3. The molecule has 8 nitrogen and oxygen atoms in total. The van der Waals surface area contributed by atoms with Gasteiger partial charge in [0.25, 0.3) is 0 Å². The van der Waals surface area contributed by atoms with E-state index in [1.165, 1.54) is 4.31 Å². The molecule has 0 aliphatic heterocycles. The normalized spacial score (nSPS) is 12.9. The van der Waals surface area contributed by atoms with Crippen LogP contribution in [0, 0.1) is 6.92 Å². The van der Waals surface area contributed by atoms with E-state index in [4.69, 9.17) is 4.74 Å². The van der Waals surface area contributed by atoms with Crippen LogP contribution in [0.2, 0.25) is 0 Å². The zero-order valence-electron chi connectivity index (χ0n) is 23.6. The van der Waals surface area contributed by atoms with Crippen molar-refractivity contribution in [2.24, 2.45) is 0 Å². The third-order valence-corrected chi connectivity index (χ3v) is 7.75. The van der Waals surface area contributed by atoms with Crippen LogP contribution in [-0.2, 0) is 26.2 Å². The van der Waals surface area contributed by atoms with E-state index in [2.05, 4.69) is 5.32 Å². The topological polar surface area (TPSA) is 96.0 Å². The molecular formula is C29H43N3O5S. The highest BCUT2D eigenvalue weighted by Crippen LogP contribution is 2.30. The van der Waals surface area contributed by atoms with Gasteiger partial charge in [0, 0.05) is 25.6 Å². The van der Waals surface area contributed by atoms with Crippen LogP contribution in [-0.4, -0.2) is 56.6 Å². The summed E-state index contributed by atoms with van der Waals surface area (Å²) in [5.41, 5.74) is 2.46. The number of amides is 2. The van der Waals surface area contributed by atoms with Crippen LogP contribution in [0.1, 0.15) is 64.5 Å². The molecule has 2 amide bonds. The van der Waals surface area contributed by atoms with E-state index in [1.807, 2.05) is 58.9 Å². The Kier molecular flexibility index (Phi) is 12.1. The highest BCUT2D eigenvalue weighted by atomic mass is 32.2. The number of para-hydroxylation sites is 2. The maximum absolute atomic E-state index is 13.6. The Morgan fingerprint density at radius 2 is 1.66 bits per heavy atom. The Hall–Kier alpha value is -3.07. The number of sulfonamides is 1. The number of ether oxygens (including phenoxy) is 1. The number of anilines is 1. The average Bonchev–Trinajstić information content (AvgIpc) is 2.87. The number of aryl methyl sites for hydroxylation is 1. The second kappa shape index (κ2) is 14.8. The lowest BCUT2D eigenvalue weighted by Crippen LogP contribution is -2.50. The number of benzene rings is 2. The minimum absolute atomic E-state index is 0.000639. The lowest BCUT2D eigenvalue weighted by atomic mass is 10.0. The molecule has 0 bridgehead atoms. The van der Waals surface area contributed by atoms with E-state index in [0.717, 1.165) is 23.8 Å². The first-order chi connectivity index (χ1) is 18.0. The number of nitrogens with zero attached hydrogens (tertiary/aromatic N) is 2. The van der Waals surface area contributed by atoms with Crippen molar-refractivity contribution in [1.29, 1.82) is 0 Å². The summed E-state index contributed by atoms with van der Waals surface area (Å²) in [5.74, 6) is 0.110. The molecule has 0 spiro atoms. The molecule has 1 N–H and O–H groups in total. The second-order valence-corrected chi connectivity index (χ2v) is 11.4. The number of carbonyl (C=O) groups excluding carboxylic acids is 2. The average molecular weight is 546 g/mol. The van der Waals surface area contributed by atoms with Crippen LogP contribution in [0.4, 0.5) is 5.69 Å². The van der Waals surface area contributed by atoms with Crippen LogP contribution in [0.3, 0.4) is 0 Å². The van der Waals surface area contributed by atoms with Crippen LogP contribution in [0.15, 0.2) is 48.5 Å². The first-order valence-corrected chi connectivity index (χ1v) is 15.2. The maximum Gasteiger partial charge on any atom is 0.243 e. The van der Waals surface area contributed by atoms with Crippen LogP contribution in [0.25, 0.3) is 0 Å². The molecule has 0 saturated carbocycles. The van der Waals surface area contributed by atoms with E-state index in [-0.39, 0.29) is 30.8 Å². The molecule has 9 heteroatoms. The fourth-order valence-electron chi connectivity index (χ4n) is 4.25. The molecule has 0 aromatic heterocycles. The summed E-state index contributed by atoms with van der Waals surface area (Å²) in [5, 5.41) is 3.02. The summed E-state index contributed by atoms with van der Waals surface area (Å²) in [6.45, 7) is 10.5. The highest BCUT2D eigenvalue weighted by Gasteiger charge is 2.30. The van der Waals surface area contributed by atoms with Gasteiger partial charge in [-0.2, -0.15) is 0 Å². The molecule has 0 radical (unpaired) electrons. The Balaban J connectivity index is 2.27. The summed E-state index contributed by atoms with van der Waals surface area (Å²) in [6.07, 6.45) is 2.80. The SMILES string of the molecule is CCOc1ccccc1N(CCCC(=O)N(Cc1ccccc1C)[C@@H](CC)C(=O)N[C@@H](C)CC)S(C)(=O)=O. The number of nitrogens with one attached hydrogen (secondary N) is 1. The molecule has 2 rings (SSSR count). The van der Waals surface area contributed by atoms with Gasteiger partial charge in [0.15, 0.2) is 0 Å². The van der Waals surface area contributed by atoms with Crippen molar-refractivity contribution in [3.05, 3.63) is 59.7 Å². The van der Waals surface area contributed by atoms with Gasteiger partial charge in [-0.3, -0.25) is 13.9 Å². The van der Waals surface area contributed by atoms with Crippen molar-refractivity contribution in [3.63, 3.8) is 0 Å². The first kappa shape index (κ1) is 31.1. The van der Waals surface area contributed by atoms with Crippen LogP contribution in [0.5, 0.6) is 5.75 Å². The number of rotatable bonds is 15. The Bertz CT molecular complexity index is 1170. The number of carbonyl (C=O) groups is 2. The fourth-order valence-corrected chi connectivity index (χ4v) is 5.22. The molecule has 0 unspecified atom stereocenters. The highest BCUT2D eigenvalue weighted by molar-refractivity contribution is 7.92. The predicted octanol–water partition coefficient (Wildman–Crippen LogP) is 4.66. The lowest BCUT2D eigenvalue weighted by molar-refractivity contribution is -0.141. The summed E-state index contributed by atoms with van der Waals surface area (Å²) in [4.78, 5) is 28.4. The van der Waals surface area contributed by atoms with Gasteiger partial charge in [0.1, 0.15) is 11.8 Å². The van der Waals surface area contributed by atoms with E-state index in [9.17, 15) is 18.0 Å². The van der Waals surface area contributed by atoms with Gasteiger partial charge in [-0.05, 0) is 63.3 Å². The first-order valence-electron chi connectivity index (χ1n) is 13.4. The predicted molar refractivity (Wildman–Crippen MR) is 153 cm³/mol. The number of hydrogen-bond acceptors (Lipinski definition) is 5. The zero-order valence-corrected chi connectivity index (χ0v) is 24.4. The molecular weight excluding hydrogens is 502 g/mol.